The number of hydrogen-bond donors (Lipinski definition) is 1. The number of carbonyl (C=O) groups is 1. The fraction of sp³-hybridized carbons (Fsp3) is 0.435. The van der Waals surface area contributed by atoms with Gasteiger partial charge in [-0.25, -0.2) is 4.79 Å². The molecule has 0 saturated carbocycles. The number of anilines is 1. The Morgan fingerprint density at radius 3 is 2.72 bits per heavy atom. The Balaban J connectivity index is 1.61. The Morgan fingerprint density at radius 2 is 1.90 bits per heavy atom. The lowest BCUT2D eigenvalue weighted by molar-refractivity contribution is -0.255. The molecule has 1 heterocycles. The van der Waals surface area contributed by atoms with Crippen LogP contribution < -0.4 is 9.62 Å². The Kier molecular flexibility index (Phi) is 7.98. The molecule has 0 fully saturated rings. The molecule has 0 radical (unpaired) electrons. The first-order valence-electron chi connectivity index (χ1n) is 10.2. The quantitative estimate of drug-likeness (QED) is 0.264. The van der Waals surface area contributed by atoms with E-state index in [4.69, 9.17) is 0 Å². The molecule has 1 aliphatic heterocycles. The van der Waals surface area contributed by atoms with Gasteiger partial charge in [0.1, 0.15) is 0 Å². The summed E-state index contributed by atoms with van der Waals surface area (Å²) in [7, 11) is 3.48. The van der Waals surface area contributed by atoms with Crippen molar-refractivity contribution in [1.82, 2.24) is 5.32 Å². The summed E-state index contributed by atoms with van der Waals surface area (Å²) in [5.74, 6) is -0.297. The number of hydrogen-bond acceptors (Lipinski definition) is 6. The maximum Gasteiger partial charge on any atom is 0.342 e. The Morgan fingerprint density at radius 1 is 1.10 bits per heavy atom. The Hall–Kier alpha value is -2.02. The summed E-state index contributed by atoms with van der Waals surface area (Å²) in [6, 6.07) is 15.5. The molecule has 156 valence electrons. The van der Waals surface area contributed by atoms with Crippen molar-refractivity contribution in [2.75, 3.05) is 25.0 Å². The van der Waals surface area contributed by atoms with Crippen LogP contribution in [0, 0.1) is 6.92 Å². The first-order chi connectivity index (χ1) is 14.1. The van der Waals surface area contributed by atoms with Gasteiger partial charge in [-0.1, -0.05) is 43.2 Å². The van der Waals surface area contributed by atoms with Gasteiger partial charge in [0.05, 0.1) is 18.8 Å². The number of fused-ring (bicyclic) bond motifs is 2. The second kappa shape index (κ2) is 10.7. The summed E-state index contributed by atoms with van der Waals surface area (Å²) in [6.45, 7) is 3.08. The molecule has 1 atom stereocenters. The monoisotopic (exact) mass is 414 g/mol. The van der Waals surface area contributed by atoms with Crippen LogP contribution in [-0.2, 0) is 14.6 Å². The summed E-state index contributed by atoms with van der Waals surface area (Å²) in [5.41, 5.74) is 5.17. The number of nitrogens with zero attached hydrogens (tertiary/aromatic N) is 1. The van der Waals surface area contributed by atoms with Crippen LogP contribution in [0.4, 0.5) is 5.69 Å². The summed E-state index contributed by atoms with van der Waals surface area (Å²) in [6.07, 6.45) is 4.40. The molecular weight excluding hydrogens is 384 g/mol. The predicted molar refractivity (Wildman–Crippen MR) is 118 cm³/mol. The van der Waals surface area contributed by atoms with Gasteiger partial charge in [0, 0.05) is 18.4 Å². The lowest BCUT2D eigenvalue weighted by Gasteiger charge is -2.22. The van der Waals surface area contributed by atoms with Crippen LogP contribution in [0.15, 0.2) is 47.4 Å². The van der Waals surface area contributed by atoms with Gasteiger partial charge in [0.2, 0.25) is 0 Å². The van der Waals surface area contributed by atoms with Crippen LogP contribution in [0.3, 0.4) is 0 Å². The molecule has 0 amide bonds. The second-order valence-electron chi connectivity index (χ2n) is 7.36. The molecule has 2 aromatic carbocycles. The van der Waals surface area contributed by atoms with Gasteiger partial charge in [-0.2, -0.15) is 4.89 Å². The zero-order chi connectivity index (χ0) is 20.6. The molecule has 0 aromatic heterocycles. The molecule has 2 aromatic rings. The minimum atomic E-state index is -0.297. The van der Waals surface area contributed by atoms with Gasteiger partial charge in [0.15, 0.2) is 0 Å². The van der Waals surface area contributed by atoms with Crippen molar-refractivity contribution in [3.63, 3.8) is 0 Å². The molecule has 1 aliphatic rings. The Bertz CT molecular complexity index is 828. The first-order valence-corrected chi connectivity index (χ1v) is 11.0. The SMILES string of the molecule is COOC(=O)CCCCCCNC1c2ccc(C)cc2SN(C)c2ccccc21. The van der Waals surface area contributed by atoms with Crippen molar-refractivity contribution in [3.8, 4) is 0 Å². The third-order valence-corrected chi connectivity index (χ3v) is 6.16. The number of benzene rings is 2. The highest BCUT2D eigenvalue weighted by Gasteiger charge is 2.26. The third-order valence-electron chi connectivity index (χ3n) is 5.13. The molecule has 1 unspecified atom stereocenters. The zero-order valence-electron chi connectivity index (χ0n) is 17.4. The van der Waals surface area contributed by atoms with Gasteiger partial charge in [-0.15, -0.1) is 0 Å². The minimum Gasteiger partial charge on any atom is -0.315 e. The van der Waals surface area contributed by atoms with Gasteiger partial charge in [-0.05, 0) is 67.1 Å². The van der Waals surface area contributed by atoms with Crippen molar-refractivity contribution in [2.24, 2.45) is 0 Å². The number of rotatable bonds is 9. The maximum absolute atomic E-state index is 11.3. The van der Waals surface area contributed by atoms with E-state index in [2.05, 4.69) is 75.8 Å². The predicted octanol–water partition coefficient (Wildman–Crippen LogP) is 5.19. The van der Waals surface area contributed by atoms with E-state index in [-0.39, 0.29) is 12.0 Å². The van der Waals surface area contributed by atoms with Gasteiger partial charge in [0.25, 0.3) is 0 Å². The molecule has 1 N–H and O–H groups in total. The third kappa shape index (κ3) is 5.75. The average Bonchev–Trinajstić information content (AvgIpc) is 2.82. The molecule has 0 saturated heterocycles. The largest absolute Gasteiger partial charge is 0.342 e. The summed E-state index contributed by atoms with van der Waals surface area (Å²) in [5, 5.41) is 3.78. The van der Waals surface area contributed by atoms with Crippen molar-refractivity contribution < 1.29 is 14.6 Å². The lowest BCUT2D eigenvalue weighted by atomic mass is 9.96. The van der Waals surface area contributed by atoms with Crippen molar-refractivity contribution >= 4 is 23.6 Å². The van der Waals surface area contributed by atoms with E-state index < -0.39 is 0 Å². The molecule has 0 aliphatic carbocycles. The first kappa shape index (κ1) is 21.7. The molecule has 0 bridgehead atoms. The van der Waals surface area contributed by atoms with E-state index >= 15 is 0 Å². The van der Waals surface area contributed by atoms with Crippen LogP contribution in [-0.4, -0.2) is 26.7 Å². The number of unbranched alkanes of at least 4 members (excludes halogenated alkanes) is 3. The standard InChI is InChI=1S/C23H30N2O3S/c1-17-13-14-19-21(16-17)29-25(2)20-11-8-7-10-18(20)23(19)24-15-9-5-4-6-12-22(26)28-27-3/h7-8,10-11,13-14,16,23-24H,4-6,9,12,15H2,1-3H3. The van der Waals surface area contributed by atoms with Gasteiger partial charge in [-0.3, -0.25) is 4.89 Å². The smallest absolute Gasteiger partial charge is 0.315 e. The molecule has 3 rings (SSSR count). The van der Waals surface area contributed by atoms with Crippen molar-refractivity contribution in [3.05, 3.63) is 59.2 Å². The van der Waals surface area contributed by atoms with E-state index in [1.165, 1.54) is 34.4 Å². The van der Waals surface area contributed by atoms with E-state index in [0.29, 0.717) is 6.42 Å². The topological polar surface area (TPSA) is 50.8 Å². The van der Waals surface area contributed by atoms with Crippen LogP contribution in [0.1, 0.15) is 54.8 Å². The van der Waals surface area contributed by atoms with Crippen LogP contribution in [0.25, 0.3) is 0 Å². The summed E-state index contributed by atoms with van der Waals surface area (Å²) < 4.78 is 2.26. The highest BCUT2D eigenvalue weighted by molar-refractivity contribution is 8.00. The fourth-order valence-corrected chi connectivity index (χ4v) is 4.78. The lowest BCUT2D eigenvalue weighted by Crippen LogP contribution is -2.24. The minimum absolute atomic E-state index is 0.177. The normalized spacial score (nSPS) is 15.4. The highest BCUT2D eigenvalue weighted by Crippen LogP contribution is 2.43. The van der Waals surface area contributed by atoms with E-state index in [9.17, 15) is 4.79 Å². The highest BCUT2D eigenvalue weighted by atomic mass is 32.2. The van der Waals surface area contributed by atoms with Crippen molar-refractivity contribution in [2.45, 2.75) is 50.0 Å². The summed E-state index contributed by atoms with van der Waals surface area (Å²) >= 11 is 1.79. The fourth-order valence-electron chi connectivity index (χ4n) is 3.69. The van der Waals surface area contributed by atoms with Crippen LogP contribution >= 0.6 is 11.9 Å². The second-order valence-corrected chi connectivity index (χ2v) is 8.53. The van der Waals surface area contributed by atoms with Crippen LogP contribution in [0.2, 0.25) is 0 Å². The number of carbonyl (C=O) groups excluding carboxylic acids is 1. The number of aryl methyl sites for hydroxylation is 1. The molecule has 0 spiro atoms. The number of nitrogens with one attached hydrogen (secondary N) is 1. The maximum atomic E-state index is 11.3. The molecule has 5 nitrogen and oxygen atoms in total. The van der Waals surface area contributed by atoms with Crippen molar-refractivity contribution in [1.29, 1.82) is 0 Å². The molecular formula is C23H30N2O3S. The van der Waals surface area contributed by atoms with E-state index in [1.54, 1.807) is 11.9 Å². The summed E-state index contributed by atoms with van der Waals surface area (Å²) in [4.78, 5) is 21.5. The van der Waals surface area contributed by atoms with E-state index in [0.717, 1.165) is 32.2 Å². The van der Waals surface area contributed by atoms with Gasteiger partial charge < -0.3 is 9.62 Å². The molecule has 29 heavy (non-hydrogen) atoms. The zero-order valence-corrected chi connectivity index (χ0v) is 18.3. The molecule has 6 heteroatoms. The average molecular weight is 415 g/mol. The Labute approximate surface area is 177 Å². The number of para-hydroxylation sites is 1. The van der Waals surface area contributed by atoms with Gasteiger partial charge >= 0.3 is 5.97 Å². The van der Waals surface area contributed by atoms with E-state index in [1.807, 2.05) is 0 Å². The van der Waals surface area contributed by atoms with Crippen LogP contribution in [0.5, 0.6) is 0 Å².